The van der Waals surface area contributed by atoms with Crippen LogP contribution >= 0.6 is 11.3 Å². The van der Waals surface area contributed by atoms with Gasteiger partial charge in [-0.2, -0.15) is 23.1 Å². The summed E-state index contributed by atoms with van der Waals surface area (Å²) in [4.78, 5) is 29.7. The van der Waals surface area contributed by atoms with Crippen LogP contribution in [0.25, 0.3) is 32.2 Å². The zero-order valence-electron chi connectivity index (χ0n) is 26.1. The van der Waals surface area contributed by atoms with Crippen LogP contribution in [0, 0.1) is 11.6 Å². The minimum absolute atomic E-state index is 0.0125. The zero-order valence-corrected chi connectivity index (χ0v) is 26.9. The summed E-state index contributed by atoms with van der Waals surface area (Å²) in [6.07, 6.45) is -4.21. The Morgan fingerprint density at radius 2 is 1.96 bits per heavy atom. The molecule has 0 radical (unpaired) electrons. The van der Waals surface area contributed by atoms with Crippen molar-refractivity contribution in [3.8, 4) is 17.1 Å². The van der Waals surface area contributed by atoms with Gasteiger partial charge in [0.25, 0.3) is 5.91 Å². The summed E-state index contributed by atoms with van der Waals surface area (Å²) in [6, 6.07) is 1.72. The van der Waals surface area contributed by atoms with Gasteiger partial charge in [0, 0.05) is 55.7 Å². The molecule has 0 bridgehead atoms. The average molecular weight is 710 g/mol. The second kappa shape index (κ2) is 12.0. The Morgan fingerprint density at radius 1 is 1.18 bits per heavy atom. The summed E-state index contributed by atoms with van der Waals surface area (Å²) in [5.74, 6) is -4.37. The van der Waals surface area contributed by atoms with Crippen molar-refractivity contribution in [2.45, 2.75) is 49.6 Å². The number of hydrogen-bond donors (Lipinski definition) is 1. The van der Waals surface area contributed by atoms with Gasteiger partial charge in [-0.1, -0.05) is 17.9 Å². The molecule has 9 nitrogen and oxygen atoms in total. The first-order valence-electron chi connectivity index (χ1n) is 15.5. The molecule has 17 heteroatoms. The van der Waals surface area contributed by atoms with E-state index in [0.717, 1.165) is 24.6 Å². The van der Waals surface area contributed by atoms with E-state index in [1.807, 2.05) is 4.90 Å². The minimum atomic E-state index is -5.10. The Morgan fingerprint density at radius 3 is 2.69 bits per heavy atom. The molecule has 3 aliphatic rings. The van der Waals surface area contributed by atoms with E-state index in [1.54, 1.807) is 0 Å². The molecule has 0 aliphatic carbocycles. The highest BCUT2D eigenvalue weighted by Crippen LogP contribution is 2.46. The van der Waals surface area contributed by atoms with Crippen molar-refractivity contribution in [1.82, 2.24) is 24.8 Å². The van der Waals surface area contributed by atoms with E-state index < -0.39 is 63.9 Å². The van der Waals surface area contributed by atoms with Gasteiger partial charge in [0.1, 0.15) is 29.9 Å². The van der Waals surface area contributed by atoms with Crippen LogP contribution in [0.5, 0.6) is 6.01 Å². The van der Waals surface area contributed by atoms with Gasteiger partial charge < -0.3 is 20.3 Å². The van der Waals surface area contributed by atoms with Gasteiger partial charge in [-0.15, -0.1) is 0 Å². The molecule has 0 spiro atoms. The minimum Gasteiger partial charge on any atom is -0.461 e. The van der Waals surface area contributed by atoms with Gasteiger partial charge >= 0.3 is 12.2 Å². The molecule has 2 aromatic heterocycles. The van der Waals surface area contributed by atoms with Crippen LogP contribution in [-0.4, -0.2) is 88.2 Å². The van der Waals surface area contributed by atoms with Crippen molar-refractivity contribution in [3.05, 3.63) is 47.8 Å². The Kier molecular flexibility index (Phi) is 8.12. The molecular weight excluding hydrogens is 679 g/mol. The Bertz CT molecular complexity index is 2010. The number of rotatable bonds is 7. The molecule has 260 valence electrons. The fourth-order valence-corrected chi connectivity index (χ4v) is 8.20. The third-order valence-corrected chi connectivity index (χ3v) is 10.7. The van der Waals surface area contributed by atoms with Gasteiger partial charge in [-0.25, -0.2) is 22.5 Å². The number of ether oxygens (including phenoxy) is 1. The Labute approximate surface area is 279 Å². The second-order valence-corrected chi connectivity index (χ2v) is 13.8. The zero-order chi connectivity index (χ0) is 35.0. The number of halogens is 7. The normalized spacial score (nSPS) is 22.7. The van der Waals surface area contributed by atoms with E-state index in [4.69, 9.17) is 10.5 Å². The van der Waals surface area contributed by atoms with Crippen LogP contribution in [0.3, 0.4) is 0 Å². The molecule has 2 N–H and O–H groups in total. The molecule has 3 fully saturated rings. The smallest absolute Gasteiger partial charge is 0.417 e. The molecule has 0 saturated carbocycles. The lowest BCUT2D eigenvalue weighted by molar-refractivity contribution is -0.137. The number of thiazole rings is 1. The number of likely N-dealkylation sites (tertiary alicyclic amines) is 1. The van der Waals surface area contributed by atoms with E-state index in [1.165, 1.54) is 16.8 Å². The predicted molar refractivity (Wildman–Crippen MR) is 170 cm³/mol. The van der Waals surface area contributed by atoms with E-state index in [9.17, 15) is 31.1 Å². The van der Waals surface area contributed by atoms with E-state index in [2.05, 4.69) is 21.5 Å². The number of nitrogens with zero attached hydrogens (tertiary/aromatic N) is 6. The van der Waals surface area contributed by atoms with Crippen molar-refractivity contribution >= 4 is 49.3 Å². The lowest BCUT2D eigenvalue weighted by Gasteiger charge is -2.31. The van der Waals surface area contributed by atoms with Gasteiger partial charge in [0.15, 0.2) is 16.8 Å². The molecule has 2 aromatic carbocycles. The molecule has 1 amide bonds. The molecule has 3 saturated heterocycles. The van der Waals surface area contributed by atoms with E-state index >= 15 is 4.39 Å². The SMILES string of the molecule is C=C(F)C(=O)N1CCC(N(C)c2nc(OCC34CCCN3CC(F)C4)nc3c(F)c(-c4ccc(F)c5sc(N)nc45)c(C(F)(F)F)cc23)C1. The van der Waals surface area contributed by atoms with Crippen LogP contribution in [0.4, 0.5) is 41.7 Å². The van der Waals surface area contributed by atoms with Crippen molar-refractivity contribution in [3.63, 3.8) is 0 Å². The average Bonchev–Trinajstić information content (AvgIpc) is 3.82. The number of carbonyl (C=O) groups is 1. The number of nitrogen functional groups attached to an aromatic ring is 1. The highest BCUT2D eigenvalue weighted by Gasteiger charge is 2.49. The monoisotopic (exact) mass is 709 g/mol. The van der Waals surface area contributed by atoms with Gasteiger partial charge in [-0.3, -0.25) is 9.69 Å². The summed E-state index contributed by atoms with van der Waals surface area (Å²) < 4.78 is 110. The van der Waals surface area contributed by atoms with Crippen LogP contribution in [0.2, 0.25) is 0 Å². The number of likely N-dealkylation sites (N-methyl/N-ethyl adjacent to an activating group) is 1. The van der Waals surface area contributed by atoms with Crippen LogP contribution in [0.1, 0.15) is 31.2 Å². The van der Waals surface area contributed by atoms with Crippen LogP contribution in [-0.2, 0) is 11.0 Å². The van der Waals surface area contributed by atoms with E-state index in [0.29, 0.717) is 30.7 Å². The first-order valence-corrected chi connectivity index (χ1v) is 16.3. The standard InChI is InChI=1S/C32H30F7N7O2S/c1-15(33)28(47)45-9-6-17(13-45)44(2)27-19-10-20(32(37,38)39)22(18-4-5-21(35)26-25(18)41-29(40)49-26)23(36)24(19)42-30(43-27)48-14-31-7-3-8-46(31)12-16(34)11-31/h4-5,10,16-17H,1,3,6-9,11-14H2,2H3,(H2,40,41). The second-order valence-electron chi connectivity index (χ2n) is 12.7. The summed E-state index contributed by atoms with van der Waals surface area (Å²) >= 11 is 0.711. The van der Waals surface area contributed by atoms with Crippen molar-refractivity contribution < 1.29 is 40.3 Å². The van der Waals surface area contributed by atoms with Crippen molar-refractivity contribution in [2.24, 2.45) is 0 Å². The first-order chi connectivity index (χ1) is 23.2. The number of anilines is 2. The highest BCUT2D eigenvalue weighted by molar-refractivity contribution is 7.22. The summed E-state index contributed by atoms with van der Waals surface area (Å²) in [7, 11) is 1.51. The lowest BCUT2D eigenvalue weighted by Crippen LogP contribution is -2.43. The maximum Gasteiger partial charge on any atom is 0.417 e. The fourth-order valence-electron chi connectivity index (χ4n) is 7.44. The number of fused-ring (bicyclic) bond motifs is 3. The number of alkyl halides is 4. The molecule has 5 heterocycles. The Balaban J connectivity index is 1.40. The number of nitrogens with two attached hydrogens (primary N) is 1. The Hall–Kier alpha value is -4.25. The quantitative estimate of drug-likeness (QED) is 0.177. The third-order valence-electron chi connectivity index (χ3n) is 9.77. The van der Waals surface area contributed by atoms with E-state index in [-0.39, 0.29) is 70.8 Å². The number of amides is 1. The maximum atomic E-state index is 16.9. The van der Waals surface area contributed by atoms with Gasteiger partial charge in [0.05, 0.1) is 21.3 Å². The third kappa shape index (κ3) is 5.69. The van der Waals surface area contributed by atoms with Crippen LogP contribution < -0.4 is 15.4 Å². The topological polar surface area (TPSA) is 101 Å². The maximum absolute atomic E-state index is 16.9. The van der Waals surface area contributed by atoms with Gasteiger partial charge in [-0.05, 0) is 44.0 Å². The van der Waals surface area contributed by atoms with Gasteiger partial charge in [0.2, 0.25) is 0 Å². The molecule has 49 heavy (non-hydrogen) atoms. The molecule has 3 atom stereocenters. The number of carbonyl (C=O) groups excluding carboxylic acids is 1. The molecule has 7 rings (SSSR count). The predicted octanol–water partition coefficient (Wildman–Crippen LogP) is 6.26. The van der Waals surface area contributed by atoms with Crippen molar-refractivity contribution in [2.75, 3.05) is 50.5 Å². The number of benzene rings is 2. The number of hydrogen-bond acceptors (Lipinski definition) is 9. The molecule has 3 aliphatic heterocycles. The van der Waals surface area contributed by atoms with Crippen molar-refractivity contribution in [1.29, 1.82) is 0 Å². The fraction of sp³-hybridized carbons (Fsp3) is 0.438. The highest BCUT2D eigenvalue weighted by atomic mass is 32.1. The number of aromatic nitrogens is 3. The molecule has 3 unspecified atom stereocenters. The lowest BCUT2D eigenvalue weighted by atomic mass is 9.95. The molecular formula is C32H30F7N7O2S. The molecule has 4 aromatic rings. The summed E-state index contributed by atoms with van der Waals surface area (Å²) in [5, 5.41) is -0.439. The van der Waals surface area contributed by atoms with Crippen LogP contribution in [0.15, 0.2) is 30.6 Å². The summed E-state index contributed by atoms with van der Waals surface area (Å²) in [6.45, 7) is 4.03. The first kappa shape index (κ1) is 33.3. The summed E-state index contributed by atoms with van der Waals surface area (Å²) in [5.41, 5.74) is 1.72. The largest absolute Gasteiger partial charge is 0.461 e.